The average molecular weight is 428 g/mol. The number of hydrogen-bond donors (Lipinski definition) is 1. The van der Waals surface area contributed by atoms with E-state index in [0.29, 0.717) is 5.69 Å². The number of nitrogens with one attached hydrogen (secondary N) is 1. The van der Waals surface area contributed by atoms with E-state index < -0.39 is 0 Å². The zero-order valence-electron chi connectivity index (χ0n) is 18.0. The molecule has 1 N–H and O–H groups in total. The molecule has 2 aromatic carbocycles. The third-order valence-electron chi connectivity index (χ3n) is 5.93. The number of amides is 1. The second-order valence-electron chi connectivity index (χ2n) is 7.82. The highest BCUT2D eigenvalue weighted by Gasteiger charge is 2.43. The second kappa shape index (κ2) is 8.34. The number of benzene rings is 2. The maximum Gasteiger partial charge on any atom is 0.280 e. The fraction of sp³-hybridized carbons (Fsp3) is 0.240. The number of carbonyl (C=O) groups is 1. The Morgan fingerprint density at radius 1 is 1.12 bits per heavy atom. The molecule has 5 rings (SSSR count). The van der Waals surface area contributed by atoms with Gasteiger partial charge in [0.1, 0.15) is 17.7 Å². The van der Waals surface area contributed by atoms with Gasteiger partial charge >= 0.3 is 0 Å². The van der Waals surface area contributed by atoms with Crippen molar-refractivity contribution in [2.45, 2.75) is 32.2 Å². The number of anilines is 1. The largest absolute Gasteiger partial charge is 0.496 e. The lowest BCUT2D eigenvalue weighted by Crippen LogP contribution is -2.29. The topological polar surface area (TPSA) is 84.2 Å². The maximum atomic E-state index is 13.6. The zero-order chi connectivity index (χ0) is 22.1. The van der Waals surface area contributed by atoms with Gasteiger partial charge in [-0.15, -0.1) is 0 Å². The molecule has 1 aliphatic rings. The molecule has 1 unspecified atom stereocenters. The van der Waals surface area contributed by atoms with E-state index in [2.05, 4.69) is 22.3 Å². The maximum absolute atomic E-state index is 13.6. The van der Waals surface area contributed by atoms with Crippen LogP contribution in [0.4, 0.5) is 5.69 Å². The zero-order valence-corrected chi connectivity index (χ0v) is 18.0. The minimum absolute atomic E-state index is 0.121. The monoisotopic (exact) mass is 428 g/mol. The van der Waals surface area contributed by atoms with Crippen LogP contribution >= 0.6 is 0 Å². The second-order valence-corrected chi connectivity index (χ2v) is 7.82. The fourth-order valence-electron chi connectivity index (χ4n) is 4.36. The molecule has 1 atom stereocenters. The number of unbranched alkanes of at least 4 members (excludes halogenated alkanes) is 1. The van der Waals surface area contributed by atoms with Gasteiger partial charge in [-0.1, -0.05) is 48.8 Å². The highest BCUT2D eigenvalue weighted by molar-refractivity contribution is 6.10. The number of H-pyrrole nitrogens is 1. The van der Waals surface area contributed by atoms with Crippen molar-refractivity contribution in [2.24, 2.45) is 0 Å². The van der Waals surface area contributed by atoms with Crippen LogP contribution in [0.1, 0.15) is 53.1 Å². The fourth-order valence-corrected chi connectivity index (χ4v) is 4.36. The Kier molecular flexibility index (Phi) is 5.23. The van der Waals surface area contributed by atoms with Gasteiger partial charge < -0.3 is 9.26 Å². The number of nitrogens with zero attached hydrogens (tertiary/aromatic N) is 3. The summed E-state index contributed by atoms with van der Waals surface area (Å²) < 4.78 is 10.6. The van der Waals surface area contributed by atoms with Crippen molar-refractivity contribution in [3.05, 3.63) is 83.4 Å². The Morgan fingerprint density at radius 3 is 2.66 bits per heavy atom. The first-order valence-corrected chi connectivity index (χ1v) is 10.8. The smallest absolute Gasteiger partial charge is 0.280 e. The molecule has 1 amide bonds. The van der Waals surface area contributed by atoms with E-state index in [4.69, 9.17) is 9.26 Å². The van der Waals surface area contributed by atoms with Crippen LogP contribution in [0.2, 0.25) is 0 Å². The van der Waals surface area contributed by atoms with E-state index in [9.17, 15) is 4.79 Å². The van der Waals surface area contributed by atoms with Gasteiger partial charge in [-0.05, 0) is 31.0 Å². The number of aryl methyl sites for hydroxylation is 1. The number of carbonyl (C=O) groups excluding carboxylic acids is 1. The quantitative estimate of drug-likeness (QED) is 0.439. The summed E-state index contributed by atoms with van der Waals surface area (Å²) in [4.78, 5) is 15.4. The van der Waals surface area contributed by atoms with Gasteiger partial charge in [-0.25, -0.2) is 0 Å². The Bertz CT molecular complexity index is 1230. The van der Waals surface area contributed by atoms with Crippen molar-refractivity contribution >= 4 is 11.6 Å². The van der Waals surface area contributed by atoms with Crippen molar-refractivity contribution < 1.29 is 14.1 Å². The normalized spacial score (nSPS) is 15.2. The summed E-state index contributed by atoms with van der Waals surface area (Å²) in [7, 11) is 1.65. The molecular weight excluding hydrogens is 404 g/mol. The van der Waals surface area contributed by atoms with E-state index in [1.54, 1.807) is 13.4 Å². The van der Waals surface area contributed by atoms with Gasteiger partial charge in [0.05, 0.1) is 13.2 Å². The van der Waals surface area contributed by atoms with E-state index >= 15 is 0 Å². The molecule has 32 heavy (non-hydrogen) atoms. The number of ether oxygens (including phenoxy) is 1. The summed E-state index contributed by atoms with van der Waals surface area (Å²) in [6, 6.07) is 17.1. The lowest BCUT2D eigenvalue weighted by atomic mass is 9.96. The van der Waals surface area contributed by atoms with Gasteiger partial charge in [0.2, 0.25) is 0 Å². The van der Waals surface area contributed by atoms with Crippen molar-refractivity contribution in [2.75, 3.05) is 12.0 Å². The minimum atomic E-state index is -0.322. The number of aromatic amines is 1. The molecule has 0 radical (unpaired) electrons. The third kappa shape index (κ3) is 3.26. The predicted octanol–water partition coefficient (Wildman–Crippen LogP) is 5.17. The summed E-state index contributed by atoms with van der Waals surface area (Å²) in [5.74, 6) is 0.620. The van der Waals surface area contributed by atoms with Gasteiger partial charge in [0.15, 0.2) is 5.69 Å². The predicted molar refractivity (Wildman–Crippen MR) is 121 cm³/mol. The molecule has 0 spiro atoms. The Hall–Kier alpha value is -3.87. The van der Waals surface area contributed by atoms with Crippen LogP contribution in [0.15, 0.2) is 65.4 Å². The molecule has 0 fully saturated rings. The van der Waals surface area contributed by atoms with Crippen LogP contribution in [-0.4, -0.2) is 28.4 Å². The van der Waals surface area contributed by atoms with Crippen LogP contribution in [0.3, 0.4) is 0 Å². The van der Waals surface area contributed by atoms with Crippen LogP contribution < -0.4 is 9.64 Å². The molecule has 3 heterocycles. The lowest BCUT2D eigenvalue weighted by molar-refractivity contribution is 0.0988. The van der Waals surface area contributed by atoms with Gasteiger partial charge in [-0.3, -0.25) is 14.8 Å². The number of methoxy groups -OCH3 is 1. The third-order valence-corrected chi connectivity index (χ3v) is 5.93. The highest BCUT2D eigenvalue weighted by atomic mass is 16.5. The lowest BCUT2D eigenvalue weighted by Gasteiger charge is -2.27. The average Bonchev–Trinajstić information content (AvgIpc) is 3.56. The van der Waals surface area contributed by atoms with Crippen molar-refractivity contribution in [3.63, 3.8) is 0 Å². The number of fused-ring (bicyclic) bond motifs is 1. The molecule has 2 aromatic heterocycles. The van der Waals surface area contributed by atoms with Gasteiger partial charge in [0, 0.05) is 34.1 Å². The molecule has 0 saturated heterocycles. The number of aromatic nitrogens is 3. The van der Waals surface area contributed by atoms with E-state index in [0.717, 1.165) is 58.8 Å². The summed E-state index contributed by atoms with van der Waals surface area (Å²) in [6.07, 6.45) is 4.47. The molecule has 0 aliphatic carbocycles. The Balaban J connectivity index is 1.62. The first-order chi connectivity index (χ1) is 15.7. The van der Waals surface area contributed by atoms with E-state index in [1.165, 1.54) is 0 Å². The van der Waals surface area contributed by atoms with E-state index in [1.807, 2.05) is 59.5 Å². The molecule has 0 saturated carbocycles. The molecule has 4 aromatic rings. The summed E-state index contributed by atoms with van der Waals surface area (Å²) in [5.41, 5.74) is 5.82. The summed E-state index contributed by atoms with van der Waals surface area (Å²) in [6.45, 7) is 2.15. The van der Waals surface area contributed by atoms with Crippen LogP contribution in [0.25, 0.3) is 11.3 Å². The number of hydrogen-bond acceptors (Lipinski definition) is 5. The number of rotatable bonds is 7. The van der Waals surface area contributed by atoms with Crippen molar-refractivity contribution in [3.8, 4) is 17.0 Å². The van der Waals surface area contributed by atoms with Crippen molar-refractivity contribution in [1.82, 2.24) is 15.4 Å². The molecule has 0 bridgehead atoms. The summed E-state index contributed by atoms with van der Waals surface area (Å²) >= 11 is 0. The Morgan fingerprint density at radius 2 is 1.94 bits per heavy atom. The molecule has 1 aliphatic heterocycles. The van der Waals surface area contributed by atoms with Crippen LogP contribution in [0, 0.1) is 0 Å². The first-order valence-electron chi connectivity index (χ1n) is 10.8. The molecular formula is C25H24N4O3. The standard InChI is InChI=1S/C25H24N4O3/c1-3-4-8-20-22-23(27-26-20)25(30)29(24(22)18-7-5-6-9-21(18)31-2)17-12-10-16(11-13-17)19-14-15-32-28-19/h5-7,9-15,24H,3-4,8H2,1-2H3,(H,26,27). The van der Waals surface area contributed by atoms with Crippen molar-refractivity contribution in [1.29, 1.82) is 0 Å². The first kappa shape index (κ1) is 20.1. The Labute approximate surface area is 186 Å². The van der Waals surface area contributed by atoms with E-state index in [-0.39, 0.29) is 11.9 Å². The minimum Gasteiger partial charge on any atom is -0.496 e. The van der Waals surface area contributed by atoms with Gasteiger partial charge in [-0.2, -0.15) is 5.10 Å². The molecule has 7 nitrogen and oxygen atoms in total. The molecule has 7 heteroatoms. The highest BCUT2D eigenvalue weighted by Crippen LogP contribution is 2.45. The van der Waals surface area contributed by atoms with Gasteiger partial charge in [0.25, 0.3) is 5.91 Å². The molecule has 162 valence electrons. The van der Waals surface area contributed by atoms with Crippen LogP contribution in [0.5, 0.6) is 5.75 Å². The SMILES string of the molecule is CCCCc1[nH]nc2c1C(c1ccccc1OC)N(c1ccc(-c3ccon3)cc1)C2=O. The van der Waals surface area contributed by atoms with Crippen LogP contribution in [-0.2, 0) is 6.42 Å². The number of para-hydroxylation sites is 1. The summed E-state index contributed by atoms with van der Waals surface area (Å²) in [5, 5.41) is 11.5.